The third-order valence-corrected chi connectivity index (χ3v) is 6.04. The van der Waals surface area contributed by atoms with Gasteiger partial charge in [-0.15, -0.1) is 0 Å². The summed E-state index contributed by atoms with van der Waals surface area (Å²) in [4.78, 5) is 21.8. The summed E-state index contributed by atoms with van der Waals surface area (Å²) in [6.45, 7) is 3.50. The summed E-state index contributed by atoms with van der Waals surface area (Å²) in [5.74, 6) is -0.283. The second-order valence-corrected chi connectivity index (χ2v) is 7.81. The minimum atomic E-state index is -0.360. The Bertz CT molecular complexity index is 865. The van der Waals surface area contributed by atoms with Crippen molar-refractivity contribution in [2.24, 2.45) is 5.92 Å². The van der Waals surface area contributed by atoms with Crippen LogP contribution in [0.3, 0.4) is 0 Å². The van der Waals surface area contributed by atoms with E-state index in [1.54, 1.807) is 23.2 Å². The topological polar surface area (TPSA) is 48.5 Å². The molecule has 0 radical (unpaired) electrons. The molecule has 0 spiro atoms. The van der Waals surface area contributed by atoms with E-state index in [9.17, 15) is 9.18 Å². The van der Waals surface area contributed by atoms with Crippen LogP contribution in [-0.4, -0.2) is 53.0 Å². The fourth-order valence-electron chi connectivity index (χ4n) is 3.90. The van der Waals surface area contributed by atoms with E-state index in [1.807, 2.05) is 33.2 Å². The van der Waals surface area contributed by atoms with E-state index >= 15 is 0 Å². The maximum absolute atomic E-state index is 13.5. The van der Waals surface area contributed by atoms with E-state index < -0.39 is 0 Å². The molecular weight excluding hydrogens is 387 g/mol. The smallest absolute Gasteiger partial charge is 0.226 e. The summed E-state index contributed by atoms with van der Waals surface area (Å²) in [5.41, 5.74) is 2.65. The van der Waals surface area contributed by atoms with Crippen LogP contribution in [-0.2, 0) is 4.79 Å². The van der Waals surface area contributed by atoms with Gasteiger partial charge in [0.15, 0.2) is 5.11 Å². The molecule has 154 valence electrons. The second-order valence-electron chi connectivity index (χ2n) is 7.43. The average Bonchev–Trinajstić information content (AvgIpc) is 2.75. The number of carbonyl (C=O) groups is 1. The molecule has 1 amide bonds. The predicted octanol–water partition coefficient (Wildman–Crippen LogP) is 3.29. The van der Waals surface area contributed by atoms with Gasteiger partial charge < -0.3 is 15.1 Å². The monoisotopic (exact) mass is 414 g/mol. The van der Waals surface area contributed by atoms with Crippen molar-refractivity contribution in [2.75, 3.05) is 27.2 Å². The van der Waals surface area contributed by atoms with Crippen LogP contribution in [0.2, 0.25) is 0 Å². The summed E-state index contributed by atoms with van der Waals surface area (Å²) in [6.07, 6.45) is 3.24. The Kier molecular flexibility index (Phi) is 6.79. The SMILES string of the molecule is CNC(=S)N1CCC(C(=O)N(C)C(c2ccc(F)cc2)c2ncccc2C)CC1. The van der Waals surface area contributed by atoms with Crippen molar-refractivity contribution in [1.29, 1.82) is 0 Å². The molecule has 1 aliphatic rings. The van der Waals surface area contributed by atoms with Crippen LogP contribution in [0, 0.1) is 18.7 Å². The second kappa shape index (κ2) is 9.31. The summed E-state index contributed by atoms with van der Waals surface area (Å²) >= 11 is 5.31. The van der Waals surface area contributed by atoms with Crippen LogP contribution in [0.5, 0.6) is 0 Å². The molecule has 1 aromatic heterocycles. The van der Waals surface area contributed by atoms with Crippen LogP contribution in [0.1, 0.15) is 35.7 Å². The summed E-state index contributed by atoms with van der Waals surface area (Å²) < 4.78 is 13.5. The molecule has 0 bridgehead atoms. The lowest BCUT2D eigenvalue weighted by Gasteiger charge is -2.36. The largest absolute Gasteiger partial charge is 0.366 e. The zero-order chi connectivity index (χ0) is 21.0. The lowest BCUT2D eigenvalue weighted by molar-refractivity contribution is -0.137. The van der Waals surface area contributed by atoms with Crippen LogP contribution in [0.15, 0.2) is 42.6 Å². The Labute approximate surface area is 176 Å². The van der Waals surface area contributed by atoms with Crippen molar-refractivity contribution >= 4 is 23.2 Å². The van der Waals surface area contributed by atoms with Gasteiger partial charge in [-0.3, -0.25) is 9.78 Å². The molecule has 7 heteroatoms. The van der Waals surface area contributed by atoms with Gasteiger partial charge in [0.1, 0.15) is 5.82 Å². The quantitative estimate of drug-likeness (QED) is 0.778. The number of thiocarbonyl (C=S) groups is 1. The molecule has 0 aliphatic carbocycles. The number of hydrogen-bond donors (Lipinski definition) is 1. The third-order valence-electron chi connectivity index (χ3n) is 5.57. The van der Waals surface area contributed by atoms with Gasteiger partial charge in [0, 0.05) is 39.3 Å². The number of halogens is 1. The van der Waals surface area contributed by atoms with Gasteiger partial charge >= 0.3 is 0 Å². The number of amides is 1. The molecule has 1 saturated heterocycles. The van der Waals surface area contributed by atoms with Gasteiger partial charge in [0.2, 0.25) is 5.91 Å². The zero-order valence-corrected chi connectivity index (χ0v) is 17.9. The first-order valence-corrected chi connectivity index (χ1v) is 10.2. The average molecular weight is 415 g/mol. The van der Waals surface area contributed by atoms with Gasteiger partial charge in [-0.05, 0) is 61.3 Å². The van der Waals surface area contributed by atoms with Crippen LogP contribution in [0.4, 0.5) is 4.39 Å². The predicted molar refractivity (Wildman–Crippen MR) is 116 cm³/mol. The van der Waals surface area contributed by atoms with E-state index in [4.69, 9.17) is 12.2 Å². The van der Waals surface area contributed by atoms with Crippen LogP contribution in [0.25, 0.3) is 0 Å². The molecule has 3 rings (SSSR count). The molecule has 2 aromatic rings. The van der Waals surface area contributed by atoms with Crippen molar-refractivity contribution in [3.05, 3.63) is 65.2 Å². The van der Waals surface area contributed by atoms with Gasteiger partial charge in [0.05, 0.1) is 11.7 Å². The highest BCUT2D eigenvalue weighted by atomic mass is 32.1. The summed E-state index contributed by atoms with van der Waals surface area (Å²) in [5, 5.41) is 3.72. The van der Waals surface area contributed by atoms with Gasteiger partial charge in [-0.1, -0.05) is 18.2 Å². The highest BCUT2D eigenvalue weighted by Crippen LogP contribution is 2.31. The lowest BCUT2D eigenvalue weighted by Crippen LogP contribution is -2.46. The fourth-order valence-corrected chi connectivity index (χ4v) is 4.08. The molecule has 1 atom stereocenters. The highest BCUT2D eigenvalue weighted by molar-refractivity contribution is 7.80. The summed E-state index contributed by atoms with van der Waals surface area (Å²) in [7, 11) is 3.63. The number of likely N-dealkylation sites (tertiary alicyclic amines) is 1. The highest BCUT2D eigenvalue weighted by Gasteiger charge is 2.33. The van der Waals surface area contributed by atoms with E-state index in [-0.39, 0.29) is 23.7 Å². The molecule has 29 heavy (non-hydrogen) atoms. The number of nitrogens with zero attached hydrogens (tertiary/aromatic N) is 3. The number of aromatic nitrogens is 1. The Balaban J connectivity index is 1.84. The minimum absolute atomic E-state index is 0.0668. The zero-order valence-electron chi connectivity index (χ0n) is 17.1. The van der Waals surface area contributed by atoms with Crippen LogP contribution < -0.4 is 5.32 Å². The maximum atomic E-state index is 13.5. The number of carbonyl (C=O) groups excluding carboxylic acids is 1. The Hall–Kier alpha value is -2.54. The first-order valence-electron chi connectivity index (χ1n) is 9.82. The van der Waals surface area contributed by atoms with Crippen molar-refractivity contribution in [1.82, 2.24) is 20.1 Å². The molecular formula is C22H27FN4OS. The number of piperidine rings is 1. The van der Waals surface area contributed by atoms with E-state index in [0.717, 1.165) is 47.9 Å². The lowest BCUT2D eigenvalue weighted by atomic mass is 9.92. The number of benzene rings is 1. The summed E-state index contributed by atoms with van der Waals surface area (Å²) in [6, 6.07) is 9.81. The molecule has 1 aromatic carbocycles. The first-order chi connectivity index (χ1) is 13.9. The third kappa shape index (κ3) is 4.72. The van der Waals surface area contributed by atoms with Crippen molar-refractivity contribution in [3.8, 4) is 0 Å². The standard InChI is InChI=1S/C22H27FN4OS/c1-15-5-4-12-25-19(15)20(16-6-8-18(23)9-7-16)26(3)21(28)17-10-13-27(14-11-17)22(29)24-2/h4-9,12,17,20H,10-11,13-14H2,1-3H3,(H,24,29). The Morgan fingerprint density at radius 1 is 1.28 bits per heavy atom. The molecule has 1 N–H and O–H groups in total. The van der Waals surface area contributed by atoms with E-state index in [2.05, 4.69) is 15.2 Å². The molecule has 5 nitrogen and oxygen atoms in total. The molecule has 2 heterocycles. The Morgan fingerprint density at radius 2 is 1.93 bits per heavy atom. The molecule has 1 fully saturated rings. The van der Waals surface area contributed by atoms with Crippen molar-refractivity contribution in [3.63, 3.8) is 0 Å². The molecule has 1 aliphatic heterocycles. The first kappa shape index (κ1) is 21.2. The van der Waals surface area contributed by atoms with E-state index in [1.165, 1.54) is 12.1 Å². The van der Waals surface area contributed by atoms with Gasteiger partial charge in [-0.2, -0.15) is 0 Å². The van der Waals surface area contributed by atoms with E-state index in [0.29, 0.717) is 0 Å². The van der Waals surface area contributed by atoms with Gasteiger partial charge in [-0.25, -0.2) is 4.39 Å². The number of aryl methyl sites for hydroxylation is 1. The van der Waals surface area contributed by atoms with Gasteiger partial charge in [0.25, 0.3) is 0 Å². The Morgan fingerprint density at radius 3 is 2.52 bits per heavy atom. The molecule has 1 unspecified atom stereocenters. The maximum Gasteiger partial charge on any atom is 0.226 e. The van der Waals surface area contributed by atoms with Crippen molar-refractivity contribution < 1.29 is 9.18 Å². The van der Waals surface area contributed by atoms with Crippen LogP contribution >= 0.6 is 12.2 Å². The number of pyridine rings is 1. The number of nitrogens with one attached hydrogen (secondary N) is 1. The van der Waals surface area contributed by atoms with Crippen molar-refractivity contribution in [2.45, 2.75) is 25.8 Å². The minimum Gasteiger partial charge on any atom is -0.366 e. The normalized spacial score (nSPS) is 15.7. The fraction of sp³-hybridized carbons (Fsp3) is 0.409. The molecule has 0 saturated carbocycles. The number of hydrogen-bond acceptors (Lipinski definition) is 3. The number of rotatable bonds is 4.